The number of ether oxygens (including phenoxy) is 1. The third kappa shape index (κ3) is 2.26. The molecule has 3 saturated heterocycles. The molecular weight excluding hydrogens is 361 g/mol. The predicted octanol–water partition coefficient (Wildman–Crippen LogP) is 1.24. The Bertz CT molecular complexity index is 880. The number of hydrogen-bond acceptors (Lipinski definition) is 5. The lowest BCUT2D eigenvalue weighted by molar-refractivity contribution is -0.137. The van der Waals surface area contributed by atoms with Gasteiger partial charge in [-0.25, -0.2) is 8.42 Å². The highest BCUT2D eigenvalue weighted by atomic mass is 32.2. The van der Waals surface area contributed by atoms with Gasteiger partial charge in [-0.2, -0.15) is 18.4 Å². The quantitative estimate of drug-likeness (QED) is 0.799. The summed E-state index contributed by atoms with van der Waals surface area (Å²) in [4.78, 5) is 0. The van der Waals surface area contributed by atoms with Crippen molar-refractivity contribution in [1.82, 2.24) is 0 Å². The van der Waals surface area contributed by atoms with Crippen LogP contribution in [0.15, 0.2) is 18.2 Å². The number of fused-ring (bicyclic) bond motifs is 5. The predicted molar refractivity (Wildman–Crippen MR) is 79.0 cm³/mol. The molecule has 3 fully saturated rings. The minimum Gasteiger partial charge on any atom is -0.390 e. The van der Waals surface area contributed by atoms with Crippen molar-refractivity contribution < 1.29 is 31.4 Å². The monoisotopic (exact) mass is 374 g/mol. The fraction of sp³-hybridized carbons (Fsp3) is 0.533. The number of benzene rings is 1. The van der Waals surface area contributed by atoms with E-state index >= 15 is 0 Å². The van der Waals surface area contributed by atoms with Gasteiger partial charge in [-0.05, 0) is 18.2 Å². The van der Waals surface area contributed by atoms with Gasteiger partial charge in [0.2, 0.25) is 10.0 Å². The van der Waals surface area contributed by atoms with Crippen molar-refractivity contribution in [2.75, 3.05) is 10.8 Å². The van der Waals surface area contributed by atoms with E-state index in [-0.39, 0.29) is 18.2 Å². The number of nitrogens with zero attached hydrogens (tertiary/aromatic N) is 2. The Morgan fingerprint density at radius 1 is 1.36 bits per heavy atom. The second kappa shape index (κ2) is 5.09. The molecule has 134 valence electrons. The van der Waals surface area contributed by atoms with E-state index in [2.05, 4.69) is 0 Å². The van der Waals surface area contributed by atoms with E-state index in [1.54, 1.807) is 0 Å². The Morgan fingerprint density at radius 3 is 2.72 bits per heavy atom. The van der Waals surface area contributed by atoms with E-state index in [4.69, 9.17) is 10.00 Å². The van der Waals surface area contributed by atoms with Crippen LogP contribution in [0.2, 0.25) is 0 Å². The number of nitriles is 1. The van der Waals surface area contributed by atoms with Crippen LogP contribution in [0.4, 0.5) is 18.9 Å². The van der Waals surface area contributed by atoms with Crippen LogP contribution in [-0.4, -0.2) is 43.6 Å². The Morgan fingerprint density at radius 2 is 2.08 bits per heavy atom. The molecule has 6 nitrogen and oxygen atoms in total. The maximum atomic E-state index is 13.1. The molecule has 0 aliphatic carbocycles. The van der Waals surface area contributed by atoms with E-state index < -0.39 is 50.9 Å². The van der Waals surface area contributed by atoms with E-state index in [9.17, 15) is 26.7 Å². The second-order valence-electron chi connectivity index (χ2n) is 6.49. The van der Waals surface area contributed by atoms with Crippen LogP contribution in [0.3, 0.4) is 0 Å². The number of anilines is 1. The van der Waals surface area contributed by atoms with Gasteiger partial charge in [0.1, 0.15) is 11.4 Å². The lowest BCUT2D eigenvalue weighted by Crippen LogP contribution is -2.42. The molecule has 1 N–H and O–H groups in total. The minimum atomic E-state index is -4.77. The zero-order valence-electron chi connectivity index (χ0n) is 12.6. The molecule has 0 aromatic heterocycles. The fourth-order valence-electron chi connectivity index (χ4n) is 4.07. The van der Waals surface area contributed by atoms with Crippen molar-refractivity contribution in [1.29, 1.82) is 5.26 Å². The normalized spacial score (nSPS) is 35.6. The van der Waals surface area contributed by atoms with Crippen LogP contribution in [0, 0.1) is 17.2 Å². The number of hydrogen-bond donors (Lipinski definition) is 1. The van der Waals surface area contributed by atoms with Gasteiger partial charge >= 0.3 is 6.18 Å². The largest absolute Gasteiger partial charge is 0.417 e. The summed E-state index contributed by atoms with van der Waals surface area (Å²) in [6.07, 6.45) is -6.57. The molecule has 2 bridgehead atoms. The molecule has 0 unspecified atom stereocenters. The molecular formula is C15H13F3N2O4S. The SMILES string of the molecule is N#Cc1ccc(N2C[C@@H]3[C@@H]([C@H]4O[C@@H]3C[C@@H]4O)S2(=O)=O)cc1C(F)(F)F. The van der Waals surface area contributed by atoms with Crippen LogP contribution < -0.4 is 4.31 Å². The van der Waals surface area contributed by atoms with E-state index in [0.29, 0.717) is 12.5 Å². The molecule has 1 aromatic carbocycles. The standard InChI is InChI=1S/C15H13F3N2O4S/c16-15(17,18)10-3-8(2-1-7(10)5-19)20-6-9-12-4-11(21)13(24-12)14(9)25(20,22)23/h1-3,9,11-14,21H,4,6H2/t9-,11-,12+,13-,14-/m0/s1. The maximum Gasteiger partial charge on any atom is 0.417 e. The van der Waals surface area contributed by atoms with Crippen molar-refractivity contribution >= 4 is 15.7 Å². The summed E-state index contributed by atoms with van der Waals surface area (Å²) in [5, 5.41) is 17.8. The van der Waals surface area contributed by atoms with Gasteiger partial charge in [-0.15, -0.1) is 0 Å². The first kappa shape index (κ1) is 16.6. The molecule has 5 atom stereocenters. The molecule has 3 aliphatic heterocycles. The van der Waals surface area contributed by atoms with E-state index in [1.165, 1.54) is 12.1 Å². The molecule has 0 spiro atoms. The number of aliphatic hydroxyl groups excluding tert-OH is 1. The van der Waals surface area contributed by atoms with Gasteiger partial charge in [-0.3, -0.25) is 4.31 Å². The Kier molecular flexibility index (Phi) is 3.39. The van der Waals surface area contributed by atoms with Crippen molar-refractivity contribution in [3.8, 4) is 6.07 Å². The molecule has 3 heterocycles. The highest BCUT2D eigenvalue weighted by molar-refractivity contribution is 7.93. The molecule has 0 amide bonds. The minimum absolute atomic E-state index is 0.00405. The van der Waals surface area contributed by atoms with Gasteiger partial charge < -0.3 is 9.84 Å². The number of halogens is 3. The number of aliphatic hydroxyl groups is 1. The number of alkyl halides is 3. The zero-order valence-corrected chi connectivity index (χ0v) is 13.5. The van der Waals surface area contributed by atoms with Crippen molar-refractivity contribution in [3.63, 3.8) is 0 Å². The summed E-state index contributed by atoms with van der Waals surface area (Å²) < 4.78 is 71.5. The maximum absolute atomic E-state index is 13.1. The second-order valence-corrected chi connectivity index (χ2v) is 8.50. The molecule has 3 aliphatic rings. The van der Waals surface area contributed by atoms with Crippen molar-refractivity contribution in [2.24, 2.45) is 5.92 Å². The fourth-order valence-corrected chi connectivity index (χ4v) is 6.44. The van der Waals surface area contributed by atoms with Crippen molar-refractivity contribution in [2.45, 2.75) is 36.2 Å². The highest BCUT2D eigenvalue weighted by Gasteiger charge is 2.64. The van der Waals surface area contributed by atoms with Gasteiger partial charge in [0.05, 0.1) is 35.1 Å². The highest BCUT2D eigenvalue weighted by Crippen LogP contribution is 2.49. The lowest BCUT2D eigenvalue weighted by atomic mass is 9.87. The molecule has 0 radical (unpaired) electrons. The van der Waals surface area contributed by atoms with Crippen LogP contribution in [0.25, 0.3) is 0 Å². The van der Waals surface area contributed by atoms with Gasteiger partial charge in [0, 0.05) is 18.9 Å². The third-order valence-electron chi connectivity index (χ3n) is 5.15. The molecule has 1 aromatic rings. The number of sulfonamides is 1. The van der Waals surface area contributed by atoms with E-state index in [0.717, 1.165) is 10.4 Å². The summed E-state index contributed by atoms with van der Waals surface area (Å²) in [6, 6.07) is 4.33. The Hall–Kier alpha value is -1.83. The van der Waals surface area contributed by atoms with E-state index in [1.807, 2.05) is 0 Å². The molecule has 0 saturated carbocycles. The summed E-state index contributed by atoms with van der Waals surface area (Å²) in [5.41, 5.74) is -1.86. The average molecular weight is 374 g/mol. The lowest BCUT2D eigenvalue weighted by Gasteiger charge is -2.23. The smallest absolute Gasteiger partial charge is 0.390 e. The Labute approximate surface area is 141 Å². The van der Waals surface area contributed by atoms with Crippen LogP contribution in [0.5, 0.6) is 0 Å². The van der Waals surface area contributed by atoms with Crippen LogP contribution in [-0.2, 0) is 20.9 Å². The Balaban J connectivity index is 1.76. The first-order chi connectivity index (χ1) is 11.6. The first-order valence-electron chi connectivity index (χ1n) is 7.61. The molecule has 25 heavy (non-hydrogen) atoms. The summed E-state index contributed by atoms with van der Waals surface area (Å²) in [5.74, 6) is -0.386. The third-order valence-corrected chi connectivity index (χ3v) is 7.43. The molecule has 10 heteroatoms. The first-order valence-corrected chi connectivity index (χ1v) is 9.11. The van der Waals surface area contributed by atoms with Gasteiger partial charge in [-0.1, -0.05) is 0 Å². The van der Waals surface area contributed by atoms with Crippen LogP contribution in [0.1, 0.15) is 17.5 Å². The zero-order chi connectivity index (χ0) is 18.1. The van der Waals surface area contributed by atoms with Crippen LogP contribution >= 0.6 is 0 Å². The van der Waals surface area contributed by atoms with Gasteiger partial charge in [0.15, 0.2) is 0 Å². The number of rotatable bonds is 1. The van der Waals surface area contributed by atoms with Gasteiger partial charge in [0.25, 0.3) is 0 Å². The average Bonchev–Trinajstić information content (AvgIpc) is 3.15. The van der Waals surface area contributed by atoms with Crippen molar-refractivity contribution in [3.05, 3.63) is 29.3 Å². The summed E-state index contributed by atoms with van der Waals surface area (Å²) in [7, 11) is -3.97. The topological polar surface area (TPSA) is 90.6 Å². The molecule has 4 rings (SSSR count). The summed E-state index contributed by atoms with van der Waals surface area (Å²) in [6.45, 7) is 0.00405. The summed E-state index contributed by atoms with van der Waals surface area (Å²) >= 11 is 0.